The molecule has 0 aliphatic rings. The molecule has 0 aliphatic carbocycles. The molecule has 1 aromatic heterocycles. The number of amides is 1. The summed E-state index contributed by atoms with van der Waals surface area (Å²) in [6, 6.07) is 13.1. The fourth-order valence-corrected chi connectivity index (χ4v) is 2.43. The molecule has 0 saturated heterocycles. The van der Waals surface area contributed by atoms with Gasteiger partial charge in [-0.3, -0.25) is 4.79 Å². The van der Waals surface area contributed by atoms with Crippen molar-refractivity contribution in [2.75, 3.05) is 11.9 Å². The molecule has 0 atom stereocenters. The van der Waals surface area contributed by atoms with Gasteiger partial charge in [0, 0.05) is 6.20 Å². The highest BCUT2D eigenvalue weighted by Crippen LogP contribution is 2.26. The van der Waals surface area contributed by atoms with Gasteiger partial charge >= 0.3 is 0 Å². The van der Waals surface area contributed by atoms with Crippen molar-refractivity contribution in [1.82, 2.24) is 9.78 Å². The van der Waals surface area contributed by atoms with E-state index in [2.05, 4.69) is 10.4 Å². The summed E-state index contributed by atoms with van der Waals surface area (Å²) < 4.78 is 20.3. The van der Waals surface area contributed by atoms with Crippen LogP contribution < -0.4 is 10.1 Å². The molecule has 0 bridgehead atoms. The van der Waals surface area contributed by atoms with Gasteiger partial charge in [0.15, 0.2) is 5.69 Å². The summed E-state index contributed by atoms with van der Waals surface area (Å²) in [5.74, 6) is -0.0212. The van der Waals surface area contributed by atoms with Crippen molar-refractivity contribution in [3.8, 4) is 11.4 Å². The number of ether oxygens (including phenoxy) is 1. The number of aromatic nitrogens is 2. The van der Waals surface area contributed by atoms with E-state index < -0.39 is 0 Å². The van der Waals surface area contributed by atoms with E-state index in [0.29, 0.717) is 23.7 Å². The van der Waals surface area contributed by atoms with Crippen LogP contribution in [0.1, 0.15) is 29.4 Å². The van der Waals surface area contributed by atoms with E-state index in [9.17, 15) is 9.18 Å². The third kappa shape index (κ3) is 4.08. The minimum atomic E-state index is -0.337. The fraction of sp³-hybridized carbons (Fsp3) is 0.200. The molecule has 0 fully saturated rings. The van der Waals surface area contributed by atoms with Gasteiger partial charge in [0.1, 0.15) is 11.6 Å². The molecule has 1 amide bonds. The van der Waals surface area contributed by atoms with Crippen LogP contribution in [-0.4, -0.2) is 22.3 Å². The highest BCUT2D eigenvalue weighted by molar-refractivity contribution is 6.03. The van der Waals surface area contributed by atoms with Crippen molar-refractivity contribution >= 4 is 11.6 Å². The second-order valence-electron chi connectivity index (χ2n) is 5.92. The van der Waals surface area contributed by atoms with E-state index in [1.165, 1.54) is 16.8 Å². The predicted molar refractivity (Wildman–Crippen MR) is 98.4 cm³/mol. The molecule has 26 heavy (non-hydrogen) atoms. The van der Waals surface area contributed by atoms with Gasteiger partial charge in [-0.25, -0.2) is 9.07 Å². The standard InChI is InChI=1S/C20H20FN3O2/c1-3-12-26-19-13-14(2)4-9-17(19)22-20(25)18-10-11-24(23-18)16-7-5-15(21)6-8-16/h4-11,13H,3,12H2,1-2H3,(H,22,25). The average molecular weight is 353 g/mol. The molecule has 2 aromatic carbocycles. The molecule has 0 unspecified atom stereocenters. The van der Waals surface area contributed by atoms with E-state index in [0.717, 1.165) is 12.0 Å². The maximum atomic E-state index is 13.0. The van der Waals surface area contributed by atoms with Gasteiger partial charge in [-0.2, -0.15) is 5.10 Å². The van der Waals surface area contributed by atoms with Gasteiger partial charge in [0.25, 0.3) is 5.91 Å². The first-order valence-corrected chi connectivity index (χ1v) is 8.43. The third-order valence-electron chi connectivity index (χ3n) is 3.76. The zero-order valence-electron chi connectivity index (χ0n) is 14.7. The summed E-state index contributed by atoms with van der Waals surface area (Å²) in [6.45, 7) is 4.57. The molecule has 6 heteroatoms. The van der Waals surface area contributed by atoms with Crippen LogP contribution in [0.5, 0.6) is 5.75 Å². The summed E-state index contributed by atoms with van der Waals surface area (Å²) >= 11 is 0. The topological polar surface area (TPSA) is 56.1 Å². The lowest BCUT2D eigenvalue weighted by atomic mass is 10.2. The lowest BCUT2D eigenvalue weighted by Gasteiger charge is -2.12. The molecule has 0 spiro atoms. The molecule has 0 radical (unpaired) electrons. The first-order valence-electron chi connectivity index (χ1n) is 8.43. The smallest absolute Gasteiger partial charge is 0.276 e. The molecular formula is C20H20FN3O2. The lowest BCUT2D eigenvalue weighted by Crippen LogP contribution is -2.14. The first kappa shape index (κ1) is 17.7. The first-order chi connectivity index (χ1) is 12.6. The largest absolute Gasteiger partial charge is 0.491 e. The zero-order valence-corrected chi connectivity index (χ0v) is 14.7. The number of anilines is 1. The van der Waals surface area contributed by atoms with Crippen molar-refractivity contribution in [2.24, 2.45) is 0 Å². The molecule has 134 valence electrons. The summed E-state index contributed by atoms with van der Waals surface area (Å²) in [6.07, 6.45) is 2.54. The Bertz CT molecular complexity index is 904. The van der Waals surface area contributed by atoms with Crippen LogP contribution in [0, 0.1) is 12.7 Å². The Morgan fingerprint density at radius 1 is 1.19 bits per heavy atom. The summed E-state index contributed by atoms with van der Waals surface area (Å²) in [5, 5.41) is 7.09. The molecule has 1 N–H and O–H groups in total. The van der Waals surface area contributed by atoms with Crippen LogP contribution in [0.15, 0.2) is 54.7 Å². The number of nitrogens with one attached hydrogen (secondary N) is 1. The maximum Gasteiger partial charge on any atom is 0.276 e. The van der Waals surface area contributed by atoms with Crippen molar-refractivity contribution in [3.63, 3.8) is 0 Å². The highest BCUT2D eigenvalue weighted by Gasteiger charge is 2.13. The molecular weight excluding hydrogens is 333 g/mol. The van der Waals surface area contributed by atoms with Gasteiger partial charge in [-0.15, -0.1) is 0 Å². The summed E-state index contributed by atoms with van der Waals surface area (Å²) in [5.41, 5.74) is 2.59. The van der Waals surface area contributed by atoms with E-state index >= 15 is 0 Å². The Hall–Kier alpha value is -3.15. The monoisotopic (exact) mass is 353 g/mol. The molecule has 3 rings (SSSR count). The van der Waals surface area contributed by atoms with Gasteiger partial charge in [0.05, 0.1) is 18.0 Å². The van der Waals surface area contributed by atoms with Crippen LogP contribution in [0.25, 0.3) is 5.69 Å². The molecule has 0 saturated carbocycles. The predicted octanol–water partition coefficient (Wildman–Crippen LogP) is 4.36. The van der Waals surface area contributed by atoms with Crippen molar-refractivity contribution in [1.29, 1.82) is 0 Å². The van der Waals surface area contributed by atoms with Crippen LogP contribution >= 0.6 is 0 Å². The number of nitrogens with zero attached hydrogens (tertiary/aromatic N) is 2. The molecule has 1 heterocycles. The maximum absolute atomic E-state index is 13.0. The van der Waals surface area contributed by atoms with E-state index in [4.69, 9.17) is 4.74 Å². The Morgan fingerprint density at radius 3 is 2.69 bits per heavy atom. The van der Waals surface area contributed by atoms with Gasteiger partial charge < -0.3 is 10.1 Å². The Labute approximate surface area is 151 Å². The third-order valence-corrected chi connectivity index (χ3v) is 3.76. The van der Waals surface area contributed by atoms with Gasteiger partial charge in [-0.1, -0.05) is 13.0 Å². The number of benzene rings is 2. The molecule has 5 nitrogen and oxygen atoms in total. The summed E-state index contributed by atoms with van der Waals surface area (Å²) in [7, 11) is 0. The van der Waals surface area contributed by atoms with E-state index in [1.807, 2.05) is 32.0 Å². The van der Waals surface area contributed by atoms with Crippen molar-refractivity contribution in [2.45, 2.75) is 20.3 Å². The second kappa shape index (κ2) is 7.82. The number of rotatable bonds is 6. The second-order valence-corrected chi connectivity index (χ2v) is 5.92. The van der Waals surface area contributed by atoms with E-state index in [-0.39, 0.29) is 17.4 Å². The summed E-state index contributed by atoms with van der Waals surface area (Å²) in [4.78, 5) is 12.5. The average Bonchev–Trinajstić information content (AvgIpc) is 3.12. The van der Waals surface area contributed by atoms with Crippen molar-refractivity contribution < 1.29 is 13.9 Å². The molecule has 0 aliphatic heterocycles. The van der Waals surface area contributed by atoms with Crippen molar-refractivity contribution in [3.05, 3.63) is 71.8 Å². The minimum Gasteiger partial charge on any atom is -0.491 e. The Kier molecular flexibility index (Phi) is 5.31. The number of hydrogen-bond donors (Lipinski definition) is 1. The normalized spacial score (nSPS) is 10.6. The van der Waals surface area contributed by atoms with Crippen LogP contribution in [0.3, 0.4) is 0 Å². The van der Waals surface area contributed by atoms with E-state index in [1.54, 1.807) is 24.4 Å². The van der Waals surface area contributed by atoms with Gasteiger partial charge in [-0.05, 0) is 61.4 Å². The highest BCUT2D eigenvalue weighted by atomic mass is 19.1. The number of aryl methyl sites for hydroxylation is 1. The van der Waals surface area contributed by atoms with Crippen LogP contribution in [0.4, 0.5) is 10.1 Å². The Balaban J connectivity index is 1.77. The van der Waals surface area contributed by atoms with Gasteiger partial charge in [0.2, 0.25) is 0 Å². The van der Waals surface area contributed by atoms with Crippen LogP contribution in [-0.2, 0) is 0 Å². The van der Waals surface area contributed by atoms with Crippen LogP contribution in [0.2, 0.25) is 0 Å². The number of carbonyl (C=O) groups excluding carboxylic acids is 1. The quantitative estimate of drug-likeness (QED) is 0.716. The number of carbonyl (C=O) groups is 1. The molecule has 3 aromatic rings. The fourth-order valence-electron chi connectivity index (χ4n) is 2.43. The number of hydrogen-bond acceptors (Lipinski definition) is 3. The Morgan fingerprint density at radius 2 is 1.96 bits per heavy atom. The minimum absolute atomic E-state index is 0.261. The zero-order chi connectivity index (χ0) is 18.5. The SMILES string of the molecule is CCCOc1cc(C)ccc1NC(=O)c1ccn(-c2ccc(F)cc2)n1. The lowest BCUT2D eigenvalue weighted by molar-refractivity contribution is 0.102. The number of halogens is 1.